The molecule has 0 radical (unpaired) electrons. The van der Waals surface area contributed by atoms with Crippen LogP contribution in [0, 0.1) is 0 Å². The first-order valence-corrected chi connectivity index (χ1v) is 8.26. The number of benzene rings is 1. The Labute approximate surface area is 145 Å². The molecule has 3 atom stereocenters. The van der Waals surface area contributed by atoms with E-state index in [-0.39, 0.29) is 30.5 Å². The number of thiazole rings is 1. The number of amides is 1. The van der Waals surface area contributed by atoms with Gasteiger partial charge in [-0.2, -0.15) is 0 Å². The van der Waals surface area contributed by atoms with Crippen LogP contribution in [0.4, 0.5) is 0 Å². The van der Waals surface area contributed by atoms with Crippen LogP contribution < -0.4 is 11.1 Å². The van der Waals surface area contributed by atoms with Crippen molar-refractivity contribution in [2.24, 2.45) is 5.73 Å². The number of nitrogens with one attached hydrogen (secondary N) is 1. The maximum absolute atomic E-state index is 12.5. The van der Waals surface area contributed by atoms with E-state index >= 15 is 0 Å². The SMILES string of the molecule is Cl.NC[C@H]1CC[C@@H](C(=O)NC(c2ccccc2)c2nccs2)O1. The first-order chi connectivity index (χ1) is 10.8. The van der Waals surface area contributed by atoms with Gasteiger partial charge in [0.1, 0.15) is 17.2 Å². The summed E-state index contributed by atoms with van der Waals surface area (Å²) in [7, 11) is 0. The number of halogens is 1. The van der Waals surface area contributed by atoms with Crippen molar-refractivity contribution in [3.8, 4) is 0 Å². The van der Waals surface area contributed by atoms with Gasteiger partial charge in [0.15, 0.2) is 0 Å². The van der Waals surface area contributed by atoms with Crippen LogP contribution in [0.3, 0.4) is 0 Å². The minimum absolute atomic E-state index is 0. The summed E-state index contributed by atoms with van der Waals surface area (Å²) in [6, 6.07) is 9.61. The standard InChI is InChI=1S/C16H19N3O2S.ClH/c17-10-12-6-7-13(21-12)15(20)19-14(16-18-8-9-22-16)11-4-2-1-3-5-11;/h1-5,8-9,12-14H,6-7,10,17H2,(H,19,20);1H/t12-,13+,14?;/m1./s1. The number of hydrogen-bond acceptors (Lipinski definition) is 5. The van der Waals surface area contributed by atoms with Crippen LogP contribution in [0.25, 0.3) is 0 Å². The van der Waals surface area contributed by atoms with Gasteiger partial charge >= 0.3 is 0 Å². The Hall–Kier alpha value is -1.47. The Morgan fingerprint density at radius 3 is 2.78 bits per heavy atom. The minimum Gasteiger partial charge on any atom is -0.364 e. The fourth-order valence-electron chi connectivity index (χ4n) is 2.62. The number of aromatic nitrogens is 1. The molecule has 1 aromatic heterocycles. The first kappa shape index (κ1) is 17.9. The van der Waals surface area contributed by atoms with Crippen molar-refractivity contribution in [3.05, 3.63) is 52.5 Å². The van der Waals surface area contributed by atoms with E-state index in [1.807, 2.05) is 35.7 Å². The molecule has 3 N–H and O–H groups in total. The zero-order chi connectivity index (χ0) is 15.4. The smallest absolute Gasteiger partial charge is 0.249 e. The lowest BCUT2D eigenvalue weighted by Gasteiger charge is -2.20. The van der Waals surface area contributed by atoms with Crippen molar-refractivity contribution in [2.45, 2.75) is 31.1 Å². The summed E-state index contributed by atoms with van der Waals surface area (Å²) in [5.74, 6) is -0.0972. The van der Waals surface area contributed by atoms with E-state index in [4.69, 9.17) is 10.5 Å². The normalized spacial score (nSPS) is 21.4. The molecule has 1 fully saturated rings. The van der Waals surface area contributed by atoms with E-state index in [1.165, 1.54) is 11.3 Å². The van der Waals surface area contributed by atoms with Crippen LogP contribution >= 0.6 is 23.7 Å². The van der Waals surface area contributed by atoms with Gasteiger partial charge in [-0.05, 0) is 18.4 Å². The number of carbonyl (C=O) groups excluding carboxylic acids is 1. The third-order valence-electron chi connectivity index (χ3n) is 3.78. The van der Waals surface area contributed by atoms with Gasteiger partial charge in [0.05, 0.1) is 6.10 Å². The molecule has 7 heteroatoms. The highest BCUT2D eigenvalue weighted by atomic mass is 35.5. The van der Waals surface area contributed by atoms with Gasteiger partial charge in [-0.3, -0.25) is 4.79 Å². The van der Waals surface area contributed by atoms with Gasteiger partial charge in [0.25, 0.3) is 0 Å². The van der Waals surface area contributed by atoms with Crippen LogP contribution in [0.2, 0.25) is 0 Å². The Bertz CT molecular complexity index is 609. The molecule has 1 unspecified atom stereocenters. The van der Waals surface area contributed by atoms with E-state index < -0.39 is 6.10 Å². The van der Waals surface area contributed by atoms with Crippen molar-refractivity contribution in [1.29, 1.82) is 0 Å². The second kappa shape index (κ2) is 8.40. The van der Waals surface area contributed by atoms with Crippen LogP contribution in [0.5, 0.6) is 0 Å². The maximum Gasteiger partial charge on any atom is 0.249 e. The molecule has 2 aromatic rings. The zero-order valence-electron chi connectivity index (χ0n) is 12.6. The highest BCUT2D eigenvalue weighted by Gasteiger charge is 2.31. The Balaban J connectivity index is 0.00000192. The fourth-order valence-corrected chi connectivity index (χ4v) is 3.33. The maximum atomic E-state index is 12.5. The third kappa shape index (κ3) is 4.29. The lowest BCUT2D eigenvalue weighted by Crippen LogP contribution is -2.38. The molecule has 1 aliphatic rings. The predicted octanol–water partition coefficient (Wildman–Crippen LogP) is 2.28. The van der Waals surface area contributed by atoms with E-state index in [0.717, 1.165) is 17.0 Å². The van der Waals surface area contributed by atoms with Gasteiger partial charge in [-0.1, -0.05) is 30.3 Å². The number of carbonyl (C=O) groups is 1. The Morgan fingerprint density at radius 1 is 1.39 bits per heavy atom. The lowest BCUT2D eigenvalue weighted by molar-refractivity contribution is -0.132. The molecule has 1 aromatic carbocycles. The van der Waals surface area contributed by atoms with Crippen molar-refractivity contribution < 1.29 is 9.53 Å². The van der Waals surface area contributed by atoms with Gasteiger partial charge in [-0.25, -0.2) is 4.98 Å². The van der Waals surface area contributed by atoms with Crippen molar-refractivity contribution >= 4 is 29.7 Å². The lowest BCUT2D eigenvalue weighted by atomic mass is 10.1. The number of hydrogen-bond donors (Lipinski definition) is 2. The second-order valence-electron chi connectivity index (χ2n) is 5.28. The van der Waals surface area contributed by atoms with Gasteiger partial charge in [-0.15, -0.1) is 23.7 Å². The number of ether oxygens (including phenoxy) is 1. The Morgan fingerprint density at radius 2 is 2.17 bits per heavy atom. The van der Waals surface area contributed by atoms with E-state index in [9.17, 15) is 4.79 Å². The van der Waals surface area contributed by atoms with Crippen molar-refractivity contribution in [3.63, 3.8) is 0 Å². The molecular formula is C16H20ClN3O2S. The Kier molecular flexibility index (Phi) is 6.53. The molecule has 2 heterocycles. The molecule has 1 amide bonds. The average Bonchev–Trinajstić information content (AvgIpc) is 3.24. The van der Waals surface area contributed by atoms with E-state index in [0.29, 0.717) is 13.0 Å². The summed E-state index contributed by atoms with van der Waals surface area (Å²) in [5, 5.41) is 5.84. The molecule has 5 nitrogen and oxygen atoms in total. The summed E-state index contributed by atoms with van der Waals surface area (Å²) in [4.78, 5) is 16.8. The summed E-state index contributed by atoms with van der Waals surface area (Å²) in [5.41, 5.74) is 6.61. The monoisotopic (exact) mass is 353 g/mol. The van der Waals surface area contributed by atoms with Crippen LogP contribution in [0.1, 0.15) is 29.5 Å². The van der Waals surface area contributed by atoms with Gasteiger partial charge in [0, 0.05) is 18.1 Å². The van der Waals surface area contributed by atoms with Crippen LogP contribution in [-0.2, 0) is 9.53 Å². The molecule has 0 saturated carbocycles. The number of nitrogens with zero attached hydrogens (tertiary/aromatic N) is 1. The molecule has 1 saturated heterocycles. The summed E-state index contributed by atoms with van der Waals surface area (Å²) >= 11 is 1.53. The molecule has 23 heavy (non-hydrogen) atoms. The number of nitrogens with two attached hydrogens (primary N) is 1. The predicted molar refractivity (Wildman–Crippen MR) is 92.7 cm³/mol. The van der Waals surface area contributed by atoms with E-state index in [2.05, 4.69) is 10.3 Å². The van der Waals surface area contributed by atoms with Crippen molar-refractivity contribution in [2.75, 3.05) is 6.54 Å². The molecule has 3 rings (SSSR count). The molecule has 0 bridgehead atoms. The van der Waals surface area contributed by atoms with Crippen LogP contribution in [0.15, 0.2) is 41.9 Å². The minimum atomic E-state index is -0.417. The molecule has 124 valence electrons. The average molecular weight is 354 g/mol. The summed E-state index contributed by atoms with van der Waals surface area (Å²) < 4.78 is 5.67. The summed E-state index contributed by atoms with van der Waals surface area (Å²) in [6.07, 6.45) is 2.87. The first-order valence-electron chi connectivity index (χ1n) is 7.38. The summed E-state index contributed by atoms with van der Waals surface area (Å²) in [6.45, 7) is 0.457. The molecule has 0 spiro atoms. The zero-order valence-corrected chi connectivity index (χ0v) is 14.2. The highest BCUT2D eigenvalue weighted by molar-refractivity contribution is 7.09. The topological polar surface area (TPSA) is 77.2 Å². The molecule has 1 aliphatic heterocycles. The fraction of sp³-hybridized carbons (Fsp3) is 0.375. The molecular weight excluding hydrogens is 334 g/mol. The third-order valence-corrected chi connectivity index (χ3v) is 4.62. The quantitative estimate of drug-likeness (QED) is 0.864. The van der Waals surface area contributed by atoms with E-state index in [1.54, 1.807) is 6.20 Å². The van der Waals surface area contributed by atoms with Gasteiger partial charge in [0.2, 0.25) is 5.91 Å². The van der Waals surface area contributed by atoms with Crippen molar-refractivity contribution in [1.82, 2.24) is 10.3 Å². The van der Waals surface area contributed by atoms with Crippen LogP contribution in [-0.4, -0.2) is 29.6 Å². The second-order valence-corrected chi connectivity index (χ2v) is 6.21. The highest BCUT2D eigenvalue weighted by Crippen LogP contribution is 2.25. The van der Waals surface area contributed by atoms with Gasteiger partial charge < -0.3 is 15.8 Å². The number of rotatable bonds is 5. The largest absolute Gasteiger partial charge is 0.364 e. The molecule has 0 aliphatic carbocycles.